The van der Waals surface area contributed by atoms with Crippen molar-refractivity contribution >= 4 is 6.08 Å². The summed E-state index contributed by atoms with van der Waals surface area (Å²) in [4.78, 5) is 2.27. The summed E-state index contributed by atoms with van der Waals surface area (Å²) in [6.45, 7) is 2.21. The summed E-state index contributed by atoms with van der Waals surface area (Å²) >= 11 is 0. The van der Waals surface area contributed by atoms with Gasteiger partial charge in [-0.2, -0.15) is 0 Å². The second kappa shape index (κ2) is 4.87. The third-order valence-electron chi connectivity index (χ3n) is 2.84. The van der Waals surface area contributed by atoms with Crippen LogP contribution in [0.1, 0.15) is 24.8 Å². The van der Waals surface area contributed by atoms with Crippen LogP contribution in [-0.4, -0.2) is 18.0 Å². The Kier molecular flexibility index (Phi) is 3.28. The van der Waals surface area contributed by atoms with Crippen LogP contribution >= 0.6 is 0 Å². The zero-order valence-corrected chi connectivity index (χ0v) is 9.02. The maximum absolute atomic E-state index is 6.07. The number of benzene rings is 1. The van der Waals surface area contributed by atoms with Crippen molar-refractivity contribution in [1.29, 1.82) is 0 Å². The second-order valence-electron chi connectivity index (χ2n) is 4.03. The van der Waals surface area contributed by atoms with Crippen molar-refractivity contribution in [2.24, 2.45) is 5.73 Å². The molecule has 0 bridgehead atoms. The van der Waals surface area contributed by atoms with Crippen LogP contribution in [0.25, 0.3) is 6.08 Å². The number of piperidine rings is 1. The van der Waals surface area contributed by atoms with Gasteiger partial charge >= 0.3 is 0 Å². The van der Waals surface area contributed by atoms with Gasteiger partial charge in [-0.05, 0) is 30.9 Å². The van der Waals surface area contributed by atoms with E-state index in [0.717, 1.165) is 18.9 Å². The smallest absolute Gasteiger partial charge is 0.0992 e. The summed E-state index contributed by atoms with van der Waals surface area (Å²) in [5.74, 6) is 0.904. The molecule has 2 N–H and O–H groups in total. The van der Waals surface area contributed by atoms with Crippen LogP contribution in [-0.2, 0) is 0 Å². The third-order valence-corrected chi connectivity index (χ3v) is 2.84. The summed E-state index contributed by atoms with van der Waals surface area (Å²) in [5, 5.41) is 0. The van der Waals surface area contributed by atoms with Gasteiger partial charge in [0.1, 0.15) is 0 Å². The predicted molar refractivity (Wildman–Crippen MR) is 64.0 cm³/mol. The molecule has 2 heteroatoms. The Morgan fingerprint density at radius 1 is 1.07 bits per heavy atom. The molecule has 2 rings (SSSR count). The Labute approximate surface area is 91.4 Å². The summed E-state index contributed by atoms with van der Waals surface area (Å²) in [7, 11) is 0. The second-order valence-corrected chi connectivity index (χ2v) is 4.03. The first-order valence-corrected chi connectivity index (χ1v) is 5.63. The summed E-state index contributed by atoms with van der Waals surface area (Å²) < 4.78 is 0. The highest BCUT2D eigenvalue weighted by atomic mass is 15.2. The zero-order valence-electron chi connectivity index (χ0n) is 9.02. The number of hydrogen-bond acceptors (Lipinski definition) is 2. The molecule has 0 atom stereocenters. The van der Waals surface area contributed by atoms with E-state index in [4.69, 9.17) is 5.73 Å². The lowest BCUT2D eigenvalue weighted by Gasteiger charge is -2.28. The number of rotatable bonds is 2. The molecule has 1 saturated heterocycles. The highest BCUT2D eigenvalue weighted by Crippen LogP contribution is 2.13. The average Bonchev–Trinajstić information content (AvgIpc) is 2.31. The maximum atomic E-state index is 6.07. The molecule has 2 nitrogen and oxygen atoms in total. The number of nitrogens with two attached hydrogens (primary N) is 1. The molecule has 0 aliphatic carbocycles. The van der Waals surface area contributed by atoms with Crippen LogP contribution in [0.5, 0.6) is 0 Å². The Morgan fingerprint density at radius 2 is 1.73 bits per heavy atom. The highest BCUT2D eigenvalue weighted by Gasteiger charge is 2.10. The van der Waals surface area contributed by atoms with Crippen LogP contribution < -0.4 is 5.73 Å². The van der Waals surface area contributed by atoms with E-state index in [1.54, 1.807) is 0 Å². The molecule has 0 saturated carbocycles. The topological polar surface area (TPSA) is 29.3 Å². The van der Waals surface area contributed by atoms with E-state index < -0.39 is 0 Å². The predicted octanol–water partition coefficient (Wildman–Crippen LogP) is 2.43. The van der Waals surface area contributed by atoms with Gasteiger partial charge in [-0.25, -0.2) is 0 Å². The van der Waals surface area contributed by atoms with Gasteiger partial charge in [0.05, 0.1) is 5.82 Å². The van der Waals surface area contributed by atoms with Crippen LogP contribution in [0.3, 0.4) is 0 Å². The van der Waals surface area contributed by atoms with Crippen molar-refractivity contribution < 1.29 is 0 Å². The van der Waals surface area contributed by atoms with E-state index in [1.807, 2.05) is 18.2 Å². The Balaban J connectivity index is 2.06. The fraction of sp³-hybridized carbons (Fsp3) is 0.385. The Morgan fingerprint density at radius 3 is 2.40 bits per heavy atom. The number of nitrogens with zero attached hydrogens (tertiary/aromatic N) is 1. The van der Waals surface area contributed by atoms with Crippen molar-refractivity contribution in [2.45, 2.75) is 19.3 Å². The van der Waals surface area contributed by atoms with Crippen molar-refractivity contribution in [3.63, 3.8) is 0 Å². The zero-order chi connectivity index (χ0) is 10.5. The monoisotopic (exact) mass is 202 g/mol. The highest BCUT2D eigenvalue weighted by molar-refractivity contribution is 5.51. The maximum Gasteiger partial charge on any atom is 0.0992 e. The van der Waals surface area contributed by atoms with Gasteiger partial charge in [-0.3, -0.25) is 0 Å². The molecule has 0 aromatic heterocycles. The minimum atomic E-state index is 0.904. The van der Waals surface area contributed by atoms with Crippen molar-refractivity contribution in [2.75, 3.05) is 13.1 Å². The third kappa shape index (κ3) is 2.75. The molecule has 15 heavy (non-hydrogen) atoms. The van der Waals surface area contributed by atoms with Gasteiger partial charge in [-0.1, -0.05) is 30.3 Å². The van der Waals surface area contributed by atoms with E-state index in [-0.39, 0.29) is 0 Å². The molecule has 1 aliphatic rings. The van der Waals surface area contributed by atoms with E-state index >= 15 is 0 Å². The van der Waals surface area contributed by atoms with Crippen LogP contribution in [0, 0.1) is 0 Å². The normalized spacial score (nSPS) is 17.9. The standard InChI is InChI=1S/C13H18N2/c14-13(15-9-5-2-6-10-15)11-12-7-3-1-4-8-12/h1,3-4,7-8,11H,2,5-6,9-10,14H2/b13-11+. The molecule has 1 heterocycles. The molecule has 0 unspecified atom stereocenters. The molecule has 0 amide bonds. The molecular weight excluding hydrogens is 184 g/mol. The molecule has 0 spiro atoms. The molecule has 1 aliphatic heterocycles. The fourth-order valence-corrected chi connectivity index (χ4v) is 1.96. The van der Waals surface area contributed by atoms with Crippen molar-refractivity contribution in [3.05, 3.63) is 41.7 Å². The fourth-order valence-electron chi connectivity index (χ4n) is 1.96. The van der Waals surface area contributed by atoms with Crippen LogP contribution in [0.2, 0.25) is 0 Å². The quantitative estimate of drug-likeness (QED) is 0.798. The van der Waals surface area contributed by atoms with E-state index in [9.17, 15) is 0 Å². The molecule has 1 aromatic rings. The van der Waals surface area contributed by atoms with E-state index in [0.29, 0.717) is 0 Å². The first-order chi connectivity index (χ1) is 7.36. The molecule has 1 aromatic carbocycles. The first kappa shape index (κ1) is 10.1. The SMILES string of the molecule is N/C(=C\c1ccccc1)N1CCCCC1. The van der Waals surface area contributed by atoms with E-state index in [2.05, 4.69) is 23.1 Å². The summed E-state index contributed by atoms with van der Waals surface area (Å²) in [5.41, 5.74) is 7.25. The molecular formula is C13H18N2. The molecule has 0 radical (unpaired) electrons. The van der Waals surface area contributed by atoms with Gasteiger partial charge < -0.3 is 10.6 Å². The minimum Gasteiger partial charge on any atom is -0.385 e. The van der Waals surface area contributed by atoms with Crippen molar-refractivity contribution in [1.82, 2.24) is 4.90 Å². The lowest BCUT2D eigenvalue weighted by molar-refractivity contribution is 0.285. The van der Waals surface area contributed by atoms with Gasteiger partial charge in [0.2, 0.25) is 0 Å². The number of likely N-dealkylation sites (tertiary alicyclic amines) is 1. The summed E-state index contributed by atoms with van der Waals surface area (Å²) in [6.07, 6.45) is 5.94. The van der Waals surface area contributed by atoms with E-state index in [1.165, 1.54) is 24.8 Å². The molecule has 80 valence electrons. The van der Waals surface area contributed by atoms with Gasteiger partial charge in [-0.15, -0.1) is 0 Å². The Bertz CT molecular complexity index is 324. The first-order valence-electron chi connectivity index (χ1n) is 5.63. The van der Waals surface area contributed by atoms with Crippen molar-refractivity contribution in [3.8, 4) is 0 Å². The largest absolute Gasteiger partial charge is 0.385 e. The van der Waals surface area contributed by atoms with Crippen LogP contribution in [0.4, 0.5) is 0 Å². The Hall–Kier alpha value is -1.44. The average molecular weight is 202 g/mol. The van der Waals surface area contributed by atoms with Crippen LogP contribution in [0.15, 0.2) is 36.2 Å². The molecule has 1 fully saturated rings. The lowest BCUT2D eigenvalue weighted by Crippen LogP contribution is -2.32. The van der Waals surface area contributed by atoms with Gasteiger partial charge in [0.25, 0.3) is 0 Å². The minimum absolute atomic E-state index is 0.904. The summed E-state index contributed by atoms with van der Waals surface area (Å²) in [6, 6.07) is 10.3. The van der Waals surface area contributed by atoms with Gasteiger partial charge in [0, 0.05) is 13.1 Å². The number of hydrogen-bond donors (Lipinski definition) is 1. The lowest BCUT2D eigenvalue weighted by atomic mass is 10.1. The van der Waals surface area contributed by atoms with Gasteiger partial charge in [0.15, 0.2) is 0 Å².